The smallest absolute Gasteiger partial charge is 0.137 e. The van der Waals surface area contributed by atoms with Crippen molar-refractivity contribution in [3.8, 4) is 23.0 Å². The fourth-order valence-corrected chi connectivity index (χ4v) is 6.98. The van der Waals surface area contributed by atoms with Crippen LogP contribution in [0, 0.1) is 0 Å². The molecule has 0 unspecified atom stereocenters. The molecule has 0 radical (unpaired) electrons. The number of para-hydroxylation sites is 3. The third-order valence-electron chi connectivity index (χ3n) is 8.43. The first-order valence-corrected chi connectivity index (χ1v) is 15.6. The Morgan fingerprint density at radius 1 is 0.591 bits per heavy atom. The van der Waals surface area contributed by atoms with Gasteiger partial charge >= 0.3 is 0 Å². The fourth-order valence-electron chi connectivity index (χ4n) is 6.34. The lowest BCUT2D eigenvalue weighted by Crippen LogP contribution is -2.12. The van der Waals surface area contributed by atoms with Crippen LogP contribution in [0.3, 0.4) is 0 Å². The summed E-state index contributed by atoms with van der Waals surface area (Å²) in [5, 5.41) is 4.71. The molecule has 4 nitrogen and oxygen atoms in total. The Morgan fingerprint density at radius 2 is 1.25 bits per heavy atom. The molecule has 0 spiro atoms. The van der Waals surface area contributed by atoms with Gasteiger partial charge in [0.1, 0.15) is 17.3 Å². The molecule has 0 fully saturated rings. The highest BCUT2D eigenvalue weighted by atomic mass is 79.9. The minimum Gasteiger partial charge on any atom is -0.457 e. The van der Waals surface area contributed by atoms with E-state index in [9.17, 15) is 0 Å². The molecule has 214 valence electrons. The molecule has 3 heterocycles. The van der Waals surface area contributed by atoms with Gasteiger partial charge in [0.2, 0.25) is 0 Å². The highest BCUT2D eigenvalue weighted by Crippen LogP contribution is 2.41. The minimum absolute atomic E-state index is 0.0129. The second-order valence-electron chi connectivity index (χ2n) is 12.3. The number of nitrogens with zero attached hydrogens (tertiary/aromatic N) is 3. The molecule has 3 aromatic heterocycles. The first-order chi connectivity index (χ1) is 21.4. The molecule has 0 saturated heterocycles. The molecule has 0 bridgehead atoms. The predicted octanol–water partition coefficient (Wildman–Crippen LogP) is 11.1. The zero-order chi connectivity index (χ0) is 30.0. The van der Waals surface area contributed by atoms with Crippen LogP contribution in [0.1, 0.15) is 26.3 Å². The van der Waals surface area contributed by atoms with Crippen molar-refractivity contribution in [2.75, 3.05) is 0 Å². The second kappa shape index (κ2) is 10.1. The van der Waals surface area contributed by atoms with Crippen LogP contribution in [0.5, 0.6) is 11.5 Å². The third-order valence-corrected chi connectivity index (χ3v) is 9.06. The molecule has 0 aliphatic carbocycles. The van der Waals surface area contributed by atoms with Crippen molar-refractivity contribution in [1.29, 1.82) is 0 Å². The average Bonchev–Trinajstić information content (AvgIpc) is 3.54. The number of halogens is 1. The molecule has 0 N–H and O–H groups in total. The van der Waals surface area contributed by atoms with Crippen LogP contribution in [0.4, 0.5) is 0 Å². The van der Waals surface area contributed by atoms with E-state index >= 15 is 0 Å². The number of aromatic nitrogens is 3. The third kappa shape index (κ3) is 4.30. The average molecular weight is 637 g/mol. The fraction of sp³-hybridized carbons (Fsp3) is 0.103. The summed E-state index contributed by atoms with van der Waals surface area (Å²) >= 11 is 3.89. The van der Waals surface area contributed by atoms with Crippen LogP contribution >= 0.6 is 15.9 Å². The molecular weight excluding hydrogens is 606 g/mol. The van der Waals surface area contributed by atoms with Crippen molar-refractivity contribution in [2.45, 2.75) is 26.2 Å². The number of fused-ring (bicyclic) bond motifs is 6. The van der Waals surface area contributed by atoms with Gasteiger partial charge in [0.05, 0.1) is 22.1 Å². The van der Waals surface area contributed by atoms with E-state index in [-0.39, 0.29) is 5.41 Å². The van der Waals surface area contributed by atoms with Crippen LogP contribution in [0.15, 0.2) is 132 Å². The topological polar surface area (TPSA) is 32.0 Å². The van der Waals surface area contributed by atoms with Crippen molar-refractivity contribution >= 4 is 59.5 Å². The molecule has 8 rings (SSSR count). The van der Waals surface area contributed by atoms with E-state index in [1.54, 1.807) is 0 Å². The summed E-state index contributed by atoms with van der Waals surface area (Å²) in [5.41, 5.74) is 6.78. The Balaban J connectivity index is 1.30. The molecular formula is C39H30BrN3O. The maximum Gasteiger partial charge on any atom is 0.137 e. The maximum absolute atomic E-state index is 6.65. The van der Waals surface area contributed by atoms with Crippen molar-refractivity contribution < 1.29 is 4.74 Å². The Kier molecular flexibility index (Phi) is 6.14. The molecule has 0 atom stereocenters. The SMILES string of the molecule is CC(C)(C)c1ccnc(-n2c3ccccc3c3ccc(Oc4cc(Br)c5c6ccccc6n(-c6ccccc6)c5c4)cc32)c1. The van der Waals surface area contributed by atoms with Crippen LogP contribution in [-0.2, 0) is 5.41 Å². The lowest BCUT2D eigenvalue weighted by atomic mass is 9.88. The highest BCUT2D eigenvalue weighted by Gasteiger charge is 2.19. The summed E-state index contributed by atoms with van der Waals surface area (Å²) < 4.78 is 12.2. The van der Waals surface area contributed by atoms with Crippen molar-refractivity contribution in [3.63, 3.8) is 0 Å². The molecule has 5 aromatic carbocycles. The van der Waals surface area contributed by atoms with Crippen LogP contribution in [0.25, 0.3) is 55.1 Å². The van der Waals surface area contributed by atoms with E-state index in [1.165, 1.54) is 16.3 Å². The van der Waals surface area contributed by atoms with Gasteiger partial charge in [0.25, 0.3) is 0 Å². The van der Waals surface area contributed by atoms with Crippen LogP contribution in [-0.4, -0.2) is 14.1 Å². The number of ether oxygens (including phenoxy) is 1. The predicted molar refractivity (Wildman–Crippen MR) is 186 cm³/mol. The van der Waals surface area contributed by atoms with Gasteiger partial charge in [-0.2, -0.15) is 0 Å². The van der Waals surface area contributed by atoms with Gasteiger partial charge in [0, 0.05) is 50.0 Å². The van der Waals surface area contributed by atoms with Gasteiger partial charge in [-0.3, -0.25) is 4.57 Å². The number of hydrogen-bond donors (Lipinski definition) is 0. The van der Waals surface area contributed by atoms with E-state index in [1.807, 2.05) is 12.3 Å². The van der Waals surface area contributed by atoms with Gasteiger partial charge in [-0.1, -0.05) is 75.4 Å². The number of hydrogen-bond acceptors (Lipinski definition) is 2. The first-order valence-electron chi connectivity index (χ1n) is 14.8. The summed E-state index contributed by atoms with van der Waals surface area (Å²) in [5.74, 6) is 2.43. The molecule has 0 amide bonds. The van der Waals surface area contributed by atoms with Crippen LogP contribution < -0.4 is 4.74 Å². The largest absolute Gasteiger partial charge is 0.457 e. The highest BCUT2D eigenvalue weighted by molar-refractivity contribution is 9.10. The molecule has 0 aliphatic heterocycles. The molecule has 44 heavy (non-hydrogen) atoms. The maximum atomic E-state index is 6.65. The normalized spacial score (nSPS) is 12.1. The van der Waals surface area contributed by atoms with Gasteiger partial charge in [-0.05, 0) is 81.5 Å². The number of rotatable bonds is 4. The standard InChI is InChI=1S/C39H30BrN3O/c1-39(2,3)25-19-20-41-37(21-25)43-33-15-9-7-13-29(33)30-18-17-27(23-35(30)43)44-28-22-32(40)38-31-14-8-10-16-34(31)42(36(38)24-28)26-11-5-4-6-12-26/h4-24H,1-3H3. The zero-order valence-corrected chi connectivity index (χ0v) is 26.3. The summed E-state index contributed by atoms with van der Waals surface area (Å²) in [4.78, 5) is 4.83. The van der Waals surface area contributed by atoms with Crippen LogP contribution in [0.2, 0.25) is 0 Å². The Labute approximate surface area is 264 Å². The lowest BCUT2D eigenvalue weighted by molar-refractivity contribution is 0.483. The van der Waals surface area contributed by atoms with Gasteiger partial charge in [-0.25, -0.2) is 4.98 Å². The van der Waals surface area contributed by atoms with E-state index in [0.29, 0.717) is 0 Å². The molecule has 0 saturated carbocycles. The molecule has 8 aromatic rings. The van der Waals surface area contributed by atoms with Crippen molar-refractivity contribution in [1.82, 2.24) is 14.1 Å². The number of benzene rings is 5. The minimum atomic E-state index is 0.0129. The quantitative estimate of drug-likeness (QED) is 0.193. The van der Waals surface area contributed by atoms with E-state index < -0.39 is 0 Å². The zero-order valence-electron chi connectivity index (χ0n) is 24.8. The Bertz CT molecular complexity index is 2360. The molecule has 0 aliphatic rings. The monoisotopic (exact) mass is 635 g/mol. The summed E-state index contributed by atoms with van der Waals surface area (Å²) in [6.45, 7) is 6.70. The second-order valence-corrected chi connectivity index (χ2v) is 13.1. The van der Waals surface area contributed by atoms with Crippen molar-refractivity contribution in [3.05, 3.63) is 138 Å². The van der Waals surface area contributed by atoms with Gasteiger partial charge < -0.3 is 9.30 Å². The first kappa shape index (κ1) is 26.7. The van der Waals surface area contributed by atoms with E-state index in [4.69, 9.17) is 9.72 Å². The Morgan fingerprint density at radius 3 is 2.02 bits per heavy atom. The van der Waals surface area contributed by atoms with Gasteiger partial charge in [-0.15, -0.1) is 0 Å². The van der Waals surface area contributed by atoms with Crippen molar-refractivity contribution in [2.24, 2.45) is 0 Å². The van der Waals surface area contributed by atoms with E-state index in [2.05, 4.69) is 161 Å². The van der Waals surface area contributed by atoms with Gasteiger partial charge in [0.15, 0.2) is 0 Å². The van der Waals surface area contributed by atoms with E-state index in [0.717, 1.165) is 60.3 Å². The summed E-state index contributed by atoms with van der Waals surface area (Å²) in [7, 11) is 0. The molecule has 5 heteroatoms. The lowest BCUT2D eigenvalue weighted by Gasteiger charge is -2.20. The summed E-state index contributed by atoms with van der Waals surface area (Å²) in [6.07, 6.45) is 1.91. The number of pyridine rings is 1. The summed E-state index contributed by atoms with van der Waals surface area (Å²) in [6, 6.07) is 42.4. The Hall–Kier alpha value is -4.87.